The molecule has 0 saturated carbocycles. The predicted molar refractivity (Wildman–Crippen MR) is 102 cm³/mol. The first-order valence-corrected chi connectivity index (χ1v) is 8.56. The highest BCUT2D eigenvalue weighted by Crippen LogP contribution is 2.23. The van der Waals surface area contributed by atoms with E-state index in [0.29, 0.717) is 10.2 Å². The minimum atomic E-state index is -0.901. The molecule has 1 amide bonds. The van der Waals surface area contributed by atoms with Crippen molar-refractivity contribution in [2.75, 3.05) is 30.4 Å². The van der Waals surface area contributed by atoms with Crippen LogP contribution in [-0.2, 0) is 9.53 Å². The summed E-state index contributed by atoms with van der Waals surface area (Å²) >= 11 is 3.28. The number of hydrogen-bond donors (Lipinski definition) is 3. The number of carbonyl (C=O) groups is 2. The smallest absolute Gasteiger partial charge is 0.341 e. The number of anilines is 2. The maximum absolute atomic E-state index is 12.3. The topological polar surface area (TPSA) is 131 Å². The van der Waals surface area contributed by atoms with Crippen LogP contribution < -0.4 is 10.6 Å². The second kappa shape index (κ2) is 9.64. The average Bonchev–Trinajstić information content (AvgIpc) is 2.66. The van der Waals surface area contributed by atoms with E-state index in [0.717, 1.165) is 6.07 Å². The van der Waals surface area contributed by atoms with Crippen LogP contribution in [0, 0.1) is 10.1 Å². The van der Waals surface area contributed by atoms with E-state index in [-0.39, 0.29) is 30.1 Å². The molecular weight excluding hydrogens is 422 g/mol. The van der Waals surface area contributed by atoms with Gasteiger partial charge in [-0.15, -0.1) is 0 Å². The Labute approximate surface area is 162 Å². The second-order valence-corrected chi connectivity index (χ2v) is 6.10. The van der Waals surface area contributed by atoms with E-state index in [2.05, 4.69) is 26.6 Å². The molecule has 27 heavy (non-hydrogen) atoms. The fourth-order valence-electron chi connectivity index (χ4n) is 2.12. The van der Waals surface area contributed by atoms with Gasteiger partial charge in [-0.2, -0.15) is 0 Å². The lowest BCUT2D eigenvalue weighted by atomic mass is 10.1. The fourth-order valence-corrected chi connectivity index (χ4v) is 2.50. The Kier molecular flexibility index (Phi) is 7.26. The van der Waals surface area contributed by atoms with Crippen molar-refractivity contribution in [1.29, 1.82) is 0 Å². The van der Waals surface area contributed by atoms with Crippen molar-refractivity contribution in [2.24, 2.45) is 0 Å². The van der Waals surface area contributed by atoms with Gasteiger partial charge in [0.05, 0.1) is 22.8 Å². The number of nitrogens with zero attached hydrogens (tertiary/aromatic N) is 1. The third-order valence-electron chi connectivity index (χ3n) is 3.34. The quantitative estimate of drug-likeness (QED) is 0.328. The number of para-hydroxylation sites is 1. The largest absolute Gasteiger partial charge is 0.452 e. The number of amides is 1. The molecule has 2 aromatic rings. The molecule has 0 aromatic heterocycles. The van der Waals surface area contributed by atoms with Gasteiger partial charge in [0.1, 0.15) is 0 Å². The van der Waals surface area contributed by atoms with Crippen LogP contribution in [0.2, 0.25) is 0 Å². The number of nitrogens with one attached hydrogen (secondary N) is 2. The number of esters is 1. The molecule has 0 aliphatic heterocycles. The van der Waals surface area contributed by atoms with Gasteiger partial charge in [0, 0.05) is 28.8 Å². The Balaban J connectivity index is 2.07. The van der Waals surface area contributed by atoms with Crippen molar-refractivity contribution in [3.63, 3.8) is 0 Å². The number of nitro groups is 1. The summed E-state index contributed by atoms with van der Waals surface area (Å²) < 4.78 is 5.63. The van der Waals surface area contributed by atoms with Crippen molar-refractivity contribution in [1.82, 2.24) is 0 Å². The second-order valence-electron chi connectivity index (χ2n) is 5.24. The summed E-state index contributed by atoms with van der Waals surface area (Å²) in [5.74, 6) is -1.47. The highest BCUT2D eigenvalue weighted by molar-refractivity contribution is 9.10. The molecule has 0 aliphatic carbocycles. The van der Waals surface area contributed by atoms with Crippen molar-refractivity contribution in [3.05, 3.63) is 62.6 Å². The lowest BCUT2D eigenvalue weighted by molar-refractivity contribution is -0.384. The van der Waals surface area contributed by atoms with E-state index >= 15 is 0 Å². The minimum absolute atomic E-state index is 0.105. The third-order valence-corrected chi connectivity index (χ3v) is 4.03. The van der Waals surface area contributed by atoms with Gasteiger partial charge in [-0.25, -0.2) is 4.79 Å². The zero-order chi connectivity index (χ0) is 19.8. The molecule has 3 N–H and O–H groups in total. The standard InChI is InChI=1S/C17H16BrN3O6/c18-13-3-1-2-4-15(13)20-16(23)10-27-17(24)12-9-11(21(25)26)5-6-14(12)19-7-8-22/h1-6,9,19,22H,7-8,10H2,(H,20,23). The molecule has 0 saturated heterocycles. The highest BCUT2D eigenvalue weighted by Gasteiger charge is 2.19. The molecule has 0 fully saturated rings. The molecule has 0 heterocycles. The molecule has 0 radical (unpaired) electrons. The van der Waals surface area contributed by atoms with Crippen LogP contribution in [0.25, 0.3) is 0 Å². The van der Waals surface area contributed by atoms with Crippen molar-refractivity contribution in [2.45, 2.75) is 0 Å². The summed E-state index contributed by atoms with van der Waals surface area (Å²) in [5, 5.41) is 25.2. The normalized spacial score (nSPS) is 10.1. The van der Waals surface area contributed by atoms with E-state index in [9.17, 15) is 19.7 Å². The first-order valence-electron chi connectivity index (χ1n) is 7.77. The molecule has 0 spiro atoms. The molecular formula is C17H16BrN3O6. The molecule has 9 nitrogen and oxygen atoms in total. The zero-order valence-electron chi connectivity index (χ0n) is 14.0. The van der Waals surface area contributed by atoms with Gasteiger partial charge in [0.25, 0.3) is 11.6 Å². The first-order chi connectivity index (χ1) is 12.9. The van der Waals surface area contributed by atoms with Crippen LogP contribution in [0.1, 0.15) is 10.4 Å². The summed E-state index contributed by atoms with van der Waals surface area (Å²) in [6.07, 6.45) is 0. The molecule has 0 unspecified atom stereocenters. The van der Waals surface area contributed by atoms with E-state index in [1.165, 1.54) is 12.1 Å². The molecule has 142 valence electrons. The molecule has 0 bridgehead atoms. The number of nitro benzene ring substituents is 1. The summed E-state index contributed by atoms with van der Waals surface area (Å²) in [6.45, 7) is -0.622. The third kappa shape index (κ3) is 5.76. The summed E-state index contributed by atoms with van der Waals surface area (Å²) in [4.78, 5) is 34.5. The lowest BCUT2D eigenvalue weighted by Gasteiger charge is -2.11. The van der Waals surface area contributed by atoms with Gasteiger partial charge in [-0.3, -0.25) is 14.9 Å². The Bertz CT molecular complexity index is 858. The number of aliphatic hydroxyl groups is 1. The SMILES string of the molecule is O=C(COC(=O)c1cc([N+](=O)[O-])ccc1NCCO)Nc1ccccc1Br. The van der Waals surface area contributed by atoms with E-state index in [1.54, 1.807) is 24.3 Å². The van der Waals surface area contributed by atoms with Gasteiger partial charge in [0.2, 0.25) is 0 Å². The number of rotatable bonds is 8. The van der Waals surface area contributed by atoms with Crippen molar-refractivity contribution >= 4 is 44.9 Å². The Hall–Kier alpha value is -2.98. The van der Waals surface area contributed by atoms with Crippen LogP contribution in [0.4, 0.5) is 17.1 Å². The van der Waals surface area contributed by atoms with Gasteiger partial charge in [-0.05, 0) is 34.1 Å². The number of non-ortho nitro benzene ring substituents is 1. The summed E-state index contributed by atoms with van der Waals surface area (Å²) in [6, 6.07) is 10.5. The molecule has 0 aliphatic rings. The van der Waals surface area contributed by atoms with Crippen LogP contribution in [-0.4, -0.2) is 41.7 Å². The number of halogens is 1. The maximum atomic E-state index is 12.3. The highest BCUT2D eigenvalue weighted by atomic mass is 79.9. The van der Waals surface area contributed by atoms with Crippen LogP contribution in [0.3, 0.4) is 0 Å². The zero-order valence-corrected chi connectivity index (χ0v) is 15.6. The van der Waals surface area contributed by atoms with Crippen molar-refractivity contribution < 1.29 is 24.4 Å². The maximum Gasteiger partial charge on any atom is 0.341 e. The number of benzene rings is 2. The van der Waals surface area contributed by atoms with Crippen LogP contribution in [0.5, 0.6) is 0 Å². The Morgan fingerprint density at radius 3 is 2.59 bits per heavy atom. The fraction of sp³-hybridized carbons (Fsp3) is 0.176. The van der Waals surface area contributed by atoms with Crippen LogP contribution in [0.15, 0.2) is 46.9 Å². The lowest BCUT2D eigenvalue weighted by Crippen LogP contribution is -2.22. The van der Waals surface area contributed by atoms with Crippen LogP contribution >= 0.6 is 15.9 Å². The Morgan fingerprint density at radius 1 is 1.19 bits per heavy atom. The number of carbonyl (C=O) groups excluding carboxylic acids is 2. The number of hydrogen-bond acceptors (Lipinski definition) is 7. The Morgan fingerprint density at radius 2 is 1.93 bits per heavy atom. The molecule has 0 atom stereocenters. The number of ether oxygens (including phenoxy) is 1. The van der Waals surface area contributed by atoms with Gasteiger partial charge in [0.15, 0.2) is 6.61 Å². The molecule has 2 rings (SSSR count). The van der Waals surface area contributed by atoms with E-state index < -0.39 is 23.4 Å². The number of aliphatic hydroxyl groups excluding tert-OH is 1. The van der Waals surface area contributed by atoms with Gasteiger partial charge >= 0.3 is 5.97 Å². The summed E-state index contributed by atoms with van der Waals surface area (Å²) in [7, 11) is 0. The predicted octanol–water partition coefficient (Wildman–Crippen LogP) is 2.56. The minimum Gasteiger partial charge on any atom is -0.452 e. The van der Waals surface area contributed by atoms with E-state index in [4.69, 9.17) is 9.84 Å². The summed E-state index contributed by atoms with van der Waals surface area (Å²) in [5.41, 5.74) is 0.366. The van der Waals surface area contributed by atoms with E-state index in [1.807, 2.05) is 0 Å². The van der Waals surface area contributed by atoms with Gasteiger partial charge in [-0.1, -0.05) is 12.1 Å². The monoisotopic (exact) mass is 437 g/mol. The first kappa shape index (κ1) is 20.3. The molecule has 2 aromatic carbocycles. The van der Waals surface area contributed by atoms with Gasteiger partial charge < -0.3 is 20.5 Å². The van der Waals surface area contributed by atoms with Crippen molar-refractivity contribution in [3.8, 4) is 0 Å². The molecule has 10 heteroatoms. The average molecular weight is 438 g/mol.